The van der Waals surface area contributed by atoms with Crippen LogP contribution in [0.5, 0.6) is 11.5 Å². The van der Waals surface area contributed by atoms with E-state index in [0.717, 1.165) is 37.6 Å². The van der Waals surface area contributed by atoms with Gasteiger partial charge in [0.1, 0.15) is 11.5 Å². The average Bonchev–Trinajstić information content (AvgIpc) is 3.12. The average molecular weight is 375 g/mol. The molecule has 1 atom stereocenters. The number of hydrogen-bond donors (Lipinski definition) is 3. The molecule has 3 rings (SSSR count). The minimum atomic E-state index is -0.274. The fourth-order valence-electron chi connectivity index (χ4n) is 3.41. The minimum absolute atomic E-state index is 0.0314. The van der Waals surface area contributed by atoms with Crippen molar-refractivity contribution in [2.24, 2.45) is 0 Å². The summed E-state index contributed by atoms with van der Waals surface area (Å²) < 4.78 is 0. The molecule has 26 heavy (non-hydrogen) atoms. The number of halogens is 1. The van der Waals surface area contributed by atoms with Crippen molar-refractivity contribution in [3.8, 4) is 11.5 Å². The molecule has 6 heteroatoms. The molecule has 0 aromatic heterocycles. The third-order valence-corrected chi connectivity index (χ3v) is 5.03. The van der Waals surface area contributed by atoms with Crippen molar-refractivity contribution in [3.63, 3.8) is 0 Å². The van der Waals surface area contributed by atoms with Crippen molar-refractivity contribution in [2.75, 3.05) is 13.1 Å². The highest BCUT2D eigenvalue weighted by Crippen LogP contribution is 2.37. The molecule has 0 spiro atoms. The molecule has 2 aromatic carbocycles. The molecule has 2 aromatic rings. The molecule has 0 aliphatic carbocycles. The maximum atomic E-state index is 13.0. The highest BCUT2D eigenvalue weighted by molar-refractivity contribution is 6.32. The molecule has 1 unspecified atom stereocenters. The summed E-state index contributed by atoms with van der Waals surface area (Å²) in [5.74, 6) is -0.776. The van der Waals surface area contributed by atoms with Crippen LogP contribution in [0.25, 0.3) is 0 Å². The molecular weight excluding hydrogens is 352 g/mol. The lowest BCUT2D eigenvalue weighted by atomic mass is 10.0. The number of rotatable bonds is 5. The Morgan fingerprint density at radius 3 is 2.85 bits per heavy atom. The van der Waals surface area contributed by atoms with Crippen LogP contribution in [-0.2, 0) is 6.54 Å². The van der Waals surface area contributed by atoms with E-state index in [0.29, 0.717) is 6.54 Å². The Bertz CT molecular complexity index is 810. The Morgan fingerprint density at radius 1 is 1.27 bits per heavy atom. The van der Waals surface area contributed by atoms with Crippen LogP contribution in [0, 0.1) is 0 Å². The van der Waals surface area contributed by atoms with E-state index in [2.05, 4.69) is 24.4 Å². The number of hydrogen-bond acceptors (Lipinski definition) is 4. The van der Waals surface area contributed by atoms with Gasteiger partial charge >= 0.3 is 0 Å². The predicted molar refractivity (Wildman–Crippen MR) is 102 cm³/mol. The van der Waals surface area contributed by atoms with Gasteiger partial charge in [0, 0.05) is 19.2 Å². The molecule has 1 heterocycles. The fraction of sp³-hybridized carbons (Fsp3) is 0.350. The molecule has 138 valence electrons. The van der Waals surface area contributed by atoms with E-state index in [1.54, 1.807) is 4.90 Å². The van der Waals surface area contributed by atoms with Crippen LogP contribution >= 0.6 is 11.6 Å². The van der Waals surface area contributed by atoms with Gasteiger partial charge in [0.2, 0.25) is 0 Å². The van der Waals surface area contributed by atoms with Crippen LogP contribution in [0.2, 0.25) is 5.02 Å². The van der Waals surface area contributed by atoms with Gasteiger partial charge < -0.3 is 20.4 Å². The van der Waals surface area contributed by atoms with Crippen molar-refractivity contribution in [1.29, 1.82) is 0 Å². The van der Waals surface area contributed by atoms with Gasteiger partial charge in [-0.2, -0.15) is 0 Å². The molecule has 0 saturated carbocycles. The lowest BCUT2D eigenvalue weighted by Gasteiger charge is -2.26. The number of carbonyl (C=O) groups is 1. The lowest BCUT2D eigenvalue weighted by molar-refractivity contribution is 0.0732. The zero-order valence-corrected chi connectivity index (χ0v) is 15.5. The molecule has 5 nitrogen and oxygen atoms in total. The molecule has 1 aliphatic heterocycles. The number of nitrogens with one attached hydrogen (secondary N) is 1. The monoisotopic (exact) mass is 374 g/mol. The van der Waals surface area contributed by atoms with Crippen molar-refractivity contribution in [2.45, 2.75) is 32.4 Å². The summed E-state index contributed by atoms with van der Waals surface area (Å²) >= 11 is 5.92. The zero-order chi connectivity index (χ0) is 18.7. The normalized spacial score (nSPS) is 16.8. The molecule has 1 amide bonds. The Kier molecular flexibility index (Phi) is 5.69. The molecule has 0 radical (unpaired) electrons. The van der Waals surface area contributed by atoms with Crippen molar-refractivity contribution in [3.05, 3.63) is 58.1 Å². The summed E-state index contributed by atoms with van der Waals surface area (Å²) in [5.41, 5.74) is 2.39. The molecule has 1 saturated heterocycles. The number of phenolic OH excluding ortho intramolecular Hbond substituents is 2. The number of carbonyl (C=O) groups excluding carboxylic acids is 1. The first-order chi connectivity index (χ1) is 12.5. The number of aromatic hydroxyl groups is 2. The number of likely N-dealkylation sites (tertiary alicyclic amines) is 1. The summed E-state index contributed by atoms with van der Waals surface area (Å²) in [6, 6.07) is 10.6. The Morgan fingerprint density at radius 2 is 2.08 bits per heavy atom. The second-order valence-corrected chi connectivity index (χ2v) is 6.91. The number of amides is 1. The van der Waals surface area contributed by atoms with E-state index in [1.165, 1.54) is 11.6 Å². The molecule has 0 bridgehead atoms. The second-order valence-electron chi connectivity index (χ2n) is 6.50. The topological polar surface area (TPSA) is 72.8 Å². The molecule has 1 aliphatic rings. The minimum Gasteiger partial charge on any atom is -0.507 e. The van der Waals surface area contributed by atoms with Gasteiger partial charge in [-0.3, -0.25) is 4.79 Å². The number of phenols is 2. The fourth-order valence-corrected chi connectivity index (χ4v) is 3.58. The summed E-state index contributed by atoms with van der Waals surface area (Å²) in [6.45, 7) is 4.38. The maximum Gasteiger partial charge on any atom is 0.258 e. The van der Waals surface area contributed by atoms with E-state index in [4.69, 9.17) is 11.6 Å². The maximum absolute atomic E-state index is 13.0. The molecule has 1 fully saturated rings. The third kappa shape index (κ3) is 3.79. The first-order valence-corrected chi connectivity index (χ1v) is 9.21. The smallest absolute Gasteiger partial charge is 0.258 e. The number of benzene rings is 2. The Labute approximate surface area is 158 Å². The second kappa shape index (κ2) is 7.98. The summed E-state index contributed by atoms with van der Waals surface area (Å²) in [5, 5.41) is 23.0. The van der Waals surface area contributed by atoms with Gasteiger partial charge in [0.25, 0.3) is 5.91 Å². The zero-order valence-electron chi connectivity index (χ0n) is 14.7. The number of nitrogens with zero attached hydrogens (tertiary/aromatic N) is 1. The summed E-state index contributed by atoms with van der Waals surface area (Å²) in [7, 11) is 0. The van der Waals surface area contributed by atoms with Crippen LogP contribution in [0.15, 0.2) is 36.4 Å². The first-order valence-electron chi connectivity index (χ1n) is 8.83. The van der Waals surface area contributed by atoms with E-state index in [1.807, 2.05) is 12.1 Å². The molecular formula is C20H23ClN2O3. The van der Waals surface area contributed by atoms with E-state index >= 15 is 0 Å². The Balaban J connectivity index is 1.86. The van der Waals surface area contributed by atoms with Crippen LogP contribution in [0.1, 0.15) is 47.3 Å². The SMILES string of the molecule is CCNCc1cccc(C2CCCN2C(=O)c2cc(Cl)c(O)cc2O)c1. The Hall–Kier alpha value is -2.24. The van der Waals surface area contributed by atoms with E-state index in [-0.39, 0.29) is 34.0 Å². The summed E-state index contributed by atoms with van der Waals surface area (Å²) in [4.78, 5) is 14.8. The van der Waals surface area contributed by atoms with Crippen molar-refractivity contribution < 1.29 is 15.0 Å². The van der Waals surface area contributed by atoms with Gasteiger partial charge in [-0.1, -0.05) is 42.8 Å². The third-order valence-electron chi connectivity index (χ3n) is 4.72. The largest absolute Gasteiger partial charge is 0.507 e. The van der Waals surface area contributed by atoms with Gasteiger partial charge in [0.05, 0.1) is 16.6 Å². The standard InChI is InChI=1S/C20H23ClN2O3/c1-2-22-12-13-5-3-6-14(9-13)17-7-4-8-23(17)20(26)15-10-16(21)19(25)11-18(15)24/h3,5-6,9-11,17,22,24-25H,2,4,7-8,12H2,1H3. The van der Waals surface area contributed by atoms with Crippen molar-refractivity contribution >= 4 is 17.5 Å². The van der Waals surface area contributed by atoms with Crippen LogP contribution in [0.4, 0.5) is 0 Å². The van der Waals surface area contributed by atoms with Crippen LogP contribution in [-0.4, -0.2) is 34.1 Å². The van der Waals surface area contributed by atoms with Gasteiger partial charge in [-0.05, 0) is 36.6 Å². The quantitative estimate of drug-likeness (QED) is 0.743. The highest BCUT2D eigenvalue weighted by atomic mass is 35.5. The molecule has 3 N–H and O–H groups in total. The van der Waals surface area contributed by atoms with Crippen LogP contribution < -0.4 is 5.32 Å². The van der Waals surface area contributed by atoms with E-state index in [9.17, 15) is 15.0 Å². The van der Waals surface area contributed by atoms with Crippen LogP contribution in [0.3, 0.4) is 0 Å². The van der Waals surface area contributed by atoms with Gasteiger partial charge in [-0.25, -0.2) is 0 Å². The van der Waals surface area contributed by atoms with E-state index < -0.39 is 0 Å². The summed E-state index contributed by atoms with van der Waals surface area (Å²) in [6.07, 6.45) is 1.78. The first kappa shape index (κ1) is 18.5. The predicted octanol–water partition coefficient (Wildman–Crippen LogP) is 3.84. The van der Waals surface area contributed by atoms with Gasteiger partial charge in [-0.15, -0.1) is 0 Å². The van der Waals surface area contributed by atoms with Crippen molar-refractivity contribution in [1.82, 2.24) is 10.2 Å². The highest BCUT2D eigenvalue weighted by Gasteiger charge is 2.32. The van der Waals surface area contributed by atoms with Gasteiger partial charge in [0.15, 0.2) is 0 Å². The lowest BCUT2D eigenvalue weighted by Crippen LogP contribution is -2.30.